The van der Waals surface area contributed by atoms with Crippen LogP contribution in [0.15, 0.2) is 30.0 Å². The Bertz CT molecular complexity index is 1620. The van der Waals surface area contributed by atoms with Gasteiger partial charge in [0.1, 0.15) is 17.9 Å². The second-order valence-corrected chi connectivity index (χ2v) is 14.7. The third kappa shape index (κ3) is 11.2. The van der Waals surface area contributed by atoms with Gasteiger partial charge in [-0.15, -0.1) is 0 Å². The van der Waals surface area contributed by atoms with Gasteiger partial charge in [-0.2, -0.15) is 0 Å². The summed E-state index contributed by atoms with van der Waals surface area (Å²) in [6, 6.07) is 2.18. The van der Waals surface area contributed by atoms with Crippen LogP contribution in [-0.4, -0.2) is 89.5 Å². The van der Waals surface area contributed by atoms with Crippen LogP contribution < -0.4 is 20.7 Å². The van der Waals surface area contributed by atoms with Crippen LogP contribution in [0.2, 0.25) is 0 Å². The fourth-order valence-electron chi connectivity index (χ4n) is 6.67. The van der Waals surface area contributed by atoms with Crippen LogP contribution in [0.5, 0.6) is 5.75 Å². The van der Waals surface area contributed by atoms with Gasteiger partial charge in [-0.25, -0.2) is 14.7 Å². The Kier molecular flexibility index (Phi) is 15.6. The van der Waals surface area contributed by atoms with Crippen LogP contribution in [0.3, 0.4) is 0 Å². The van der Waals surface area contributed by atoms with E-state index in [9.17, 15) is 38.7 Å². The molecular weight excluding hydrogens is 720 g/mol. The maximum absolute atomic E-state index is 13.8. The number of hydroxylamine groups is 2. The summed E-state index contributed by atoms with van der Waals surface area (Å²) in [5, 5.41) is 27.1. The number of carboxylic acids is 2. The standard InChI is InChI=1S/C38H54N4O13/c1-8-11-12-24-18-38(24,29(9-2)42(20-43)54-21-53-36(51)37(5,6)7)35(50)40-19-39-33(47)28-15-22(4)31(55-28)23-13-14-25(27(16-23)52-10-3)32(46)41-26(34(48)49)17-30(44)45/h13-16,20,22,24,26,29,31H,8-12,17-19,21H2,1-7H3,(H,39,47)(H,40,50)(H,41,46)(H,44,45)(H,48,49)/t22?,24?,26-,29+,31?,38?/m0/s1. The monoisotopic (exact) mass is 774 g/mol. The highest BCUT2D eigenvalue weighted by Gasteiger charge is 2.65. The third-order valence-electron chi connectivity index (χ3n) is 9.61. The molecule has 1 aromatic rings. The minimum absolute atomic E-state index is 0.00299. The highest BCUT2D eigenvalue weighted by atomic mass is 16.8. The van der Waals surface area contributed by atoms with Gasteiger partial charge in [0.15, 0.2) is 5.76 Å². The number of nitrogens with zero attached hydrogens (tertiary/aromatic N) is 1. The van der Waals surface area contributed by atoms with Gasteiger partial charge in [-0.05, 0) is 76.6 Å². The van der Waals surface area contributed by atoms with E-state index < -0.39 is 72.0 Å². The average Bonchev–Trinajstić information content (AvgIpc) is 3.72. The van der Waals surface area contributed by atoms with Crippen molar-refractivity contribution in [2.75, 3.05) is 20.1 Å². The summed E-state index contributed by atoms with van der Waals surface area (Å²) in [6.07, 6.45) is 4.03. The van der Waals surface area contributed by atoms with Crippen molar-refractivity contribution in [3.8, 4) is 5.75 Å². The van der Waals surface area contributed by atoms with Gasteiger partial charge in [-0.1, -0.05) is 39.7 Å². The summed E-state index contributed by atoms with van der Waals surface area (Å²) in [4.78, 5) is 92.5. The number of carbonyl (C=O) groups excluding carboxylic acids is 5. The van der Waals surface area contributed by atoms with Crippen LogP contribution >= 0.6 is 0 Å². The first-order valence-electron chi connectivity index (χ1n) is 18.5. The van der Waals surface area contributed by atoms with Crippen molar-refractivity contribution in [1.29, 1.82) is 0 Å². The Morgan fingerprint density at radius 1 is 1.07 bits per heavy atom. The lowest BCUT2D eigenvalue weighted by Crippen LogP contribution is -2.51. The zero-order valence-corrected chi connectivity index (χ0v) is 32.5. The molecule has 0 radical (unpaired) electrons. The van der Waals surface area contributed by atoms with E-state index in [1.165, 1.54) is 12.1 Å². The summed E-state index contributed by atoms with van der Waals surface area (Å²) >= 11 is 0. The molecule has 0 saturated heterocycles. The molecule has 1 aromatic carbocycles. The van der Waals surface area contributed by atoms with Gasteiger partial charge in [0, 0.05) is 5.92 Å². The Hall–Kier alpha value is -5.19. The Balaban J connectivity index is 1.67. The highest BCUT2D eigenvalue weighted by Crippen LogP contribution is 2.59. The molecule has 17 nitrogen and oxygen atoms in total. The highest BCUT2D eigenvalue weighted by molar-refractivity contribution is 5.99. The predicted octanol–water partition coefficient (Wildman–Crippen LogP) is 3.44. The van der Waals surface area contributed by atoms with Gasteiger partial charge < -0.3 is 40.4 Å². The SMILES string of the molecule is CCCCC1CC1(C(=O)NCNC(=O)C1=CC(C)C(c2ccc(C(=O)N[C@@H](CC(=O)O)C(=O)O)c(OCC)c2)O1)[C@@H](CC)N(C=O)OCOC(=O)C(C)(C)C. The van der Waals surface area contributed by atoms with E-state index in [0.29, 0.717) is 24.8 Å². The van der Waals surface area contributed by atoms with E-state index in [0.717, 1.165) is 24.3 Å². The second kappa shape index (κ2) is 19.4. The predicted molar refractivity (Wildman–Crippen MR) is 195 cm³/mol. The van der Waals surface area contributed by atoms with Crippen molar-refractivity contribution in [1.82, 2.24) is 21.0 Å². The molecule has 1 heterocycles. The molecule has 0 aromatic heterocycles. The molecule has 1 fully saturated rings. The minimum Gasteiger partial charge on any atom is -0.493 e. The van der Waals surface area contributed by atoms with E-state index in [1.54, 1.807) is 39.8 Å². The lowest BCUT2D eigenvalue weighted by molar-refractivity contribution is -0.238. The molecule has 1 aliphatic heterocycles. The maximum Gasteiger partial charge on any atom is 0.326 e. The van der Waals surface area contributed by atoms with Gasteiger partial charge in [-0.3, -0.25) is 28.8 Å². The fourth-order valence-corrected chi connectivity index (χ4v) is 6.67. The summed E-state index contributed by atoms with van der Waals surface area (Å²) in [7, 11) is 0. The second-order valence-electron chi connectivity index (χ2n) is 14.7. The fraction of sp³-hybridized carbons (Fsp3) is 0.605. The first kappa shape index (κ1) is 44.2. The number of esters is 1. The van der Waals surface area contributed by atoms with E-state index in [4.69, 9.17) is 24.2 Å². The van der Waals surface area contributed by atoms with Crippen molar-refractivity contribution in [3.63, 3.8) is 0 Å². The summed E-state index contributed by atoms with van der Waals surface area (Å²) in [5.41, 5.74) is -1.22. The lowest BCUT2D eigenvalue weighted by Gasteiger charge is -2.33. The van der Waals surface area contributed by atoms with Crippen LogP contribution in [0.1, 0.15) is 109 Å². The van der Waals surface area contributed by atoms with Crippen LogP contribution in [0.25, 0.3) is 0 Å². The molecule has 0 spiro atoms. The van der Waals surface area contributed by atoms with Crippen molar-refractivity contribution in [2.24, 2.45) is 22.7 Å². The molecule has 4 unspecified atom stereocenters. The summed E-state index contributed by atoms with van der Waals surface area (Å²) in [5.74, 6) is -5.44. The molecule has 17 heteroatoms. The Labute approximate surface area is 320 Å². The molecule has 3 rings (SSSR count). The molecule has 1 aliphatic carbocycles. The average molecular weight is 775 g/mol. The number of unbranched alkanes of at least 4 members (excludes halogenated alkanes) is 1. The molecule has 4 amide bonds. The first-order valence-corrected chi connectivity index (χ1v) is 18.5. The number of aliphatic carboxylic acids is 2. The molecule has 6 atom stereocenters. The van der Waals surface area contributed by atoms with Crippen LogP contribution in [-0.2, 0) is 43.1 Å². The molecule has 304 valence electrons. The maximum atomic E-state index is 13.8. The van der Waals surface area contributed by atoms with Crippen molar-refractivity contribution >= 4 is 42.0 Å². The zero-order chi connectivity index (χ0) is 41.1. The van der Waals surface area contributed by atoms with E-state index in [2.05, 4.69) is 16.0 Å². The molecule has 55 heavy (non-hydrogen) atoms. The Morgan fingerprint density at radius 3 is 2.36 bits per heavy atom. The van der Waals surface area contributed by atoms with Gasteiger partial charge in [0.05, 0.1) is 42.1 Å². The van der Waals surface area contributed by atoms with Gasteiger partial charge >= 0.3 is 17.9 Å². The van der Waals surface area contributed by atoms with Crippen LogP contribution in [0.4, 0.5) is 0 Å². The number of carboxylic acid groups (broad SMARTS) is 2. The van der Waals surface area contributed by atoms with Gasteiger partial charge in [0.2, 0.25) is 19.1 Å². The number of nitrogens with one attached hydrogen (secondary N) is 3. The number of hydrogen-bond donors (Lipinski definition) is 5. The number of ether oxygens (including phenoxy) is 3. The largest absolute Gasteiger partial charge is 0.493 e. The molecule has 2 aliphatic rings. The van der Waals surface area contributed by atoms with Crippen molar-refractivity contribution < 1.29 is 62.8 Å². The number of rotatable bonds is 22. The number of carbonyl (C=O) groups is 7. The third-order valence-corrected chi connectivity index (χ3v) is 9.61. The smallest absolute Gasteiger partial charge is 0.326 e. The topological polar surface area (TPSA) is 236 Å². The van der Waals surface area contributed by atoms with Crippen molar-refractivity contribution in [3.05, 3.63) is 41.2 Å². The lowest BCUT2D eigenvalue weighted by atomic mass is 9.88. The molecule has 5 N–H and O–H groups in total. The van der Waals surface area contributed by atoms with Crippen molar-refractivity contribution in [2.45, 2.75) is 105 Å². The number of benzene rings is 1. The molecule has 0 bridgehead atoms. The van der Waals surface area contributed by atoms with E-state index in [1.807, 2.05) is 20.8 Å². The molecular formula is C38H54N4O13. The zero-order valence-electron chi connectivity index (χ0n) is 32.5. The molecule has 1 saturated carbocycles. The number of amides is 4. The summed E-state index contributed by atoms with van der Waals surface area (Å²) in [6.45, 7) is 11.9. The van der Waals surface area contributed by atoms with E-state index >= 15 is 0 Å². The van der Waals surface area contributed by atoms with Crippen LogP contribution in [0, 0.1) is 22.7 Å². The normalized spacial score (nSPS) is 21.1. The van der Waals surface area contributed by atoms with E-state index in [-0.39, 0.29) is 48.1 Å². The van der Waals surface area contributed by atoms with Gasteiger partial charge in [0.25, 0.3) is 11.8 Å². The quantitative estimate of drug-likeness (QED) is 0.0492. The Morgan fingerprint density at radius 2 is 1.78 bits per heavy atom. The summed E-state index contributed by atoms with van der Waals surface area (Å²) < 4.78 is 16.8. The first-order chi connectivity index (χ1) is 25.9. The minimum atomic E-state index is -1.66. The number of hydrogen-bond acceptors (Lipinski definition) is 11.